The fourth-order valence-electron chi connectivity index (χ4n) is 7.66. The highest BCUT2D eigenvalue weighted by Crippen LogP contribution is 2.42. The lowest BCUT2D eigenvalue weighted by Crippen LogP contribution is -1.98. The van der Waals surface area contributed by atoms with Crippen molar-refractivity contribution < 1.29 is 0 Å². The van der Waals surface area contributed by atoms with E-state index in [-0.39, 0.29) is 0 Å². The van der Waals surface area contributed by atoms with Crippen molar-refractivity contribution >= 4 is 32.6 Å². The van der Waals surface area contributed by atoms with Gasteiger partial charge in [0.15, 0.2) is 0 Å². The Balaban J connectivity index is 1.22. The highest BCUT2D eigenvalue weighted by Gasteiger charge is 2.19. The molecule has 0 unspecified atom stereocenters. The number of aromatic nitrogens is 4. The first kappa shape index (κ1) is 30.6. The maximum Gasteiger partial charge on any atom is 0.121 e. The first-order valence-corrected chi connectivity index (χ1v) is 17.9. The predicted molar refractivity (Wildman–Crippen MR) is 219 cm³/mol. The normalized spacial score (nSPS) is 11.4. The Bertz CT molecular complexity index is 2930. The Hall–Kier alpha value is -7.17. The van der Waals surface area contributed by atoms with Gasteiger partial charge in [0, 0.05) is 23.5 Å². The van der Waals surface area contributed by atoms with Crippen LogP contribution in [0.25, 0.3) is 93.9 Å². The third-order valence-corrected chi connectivity index (χ3v) is 10.2. The molecule has 0 saturated heterocycles. The summed E-state index contributed by atoms with van der Waals surface area (Å²) < 4.78 is 0. The van der Waals surface area contributed by atoms with E-state index in [0.29, 0.717) is 0 Å². The van der Waals surface area contributed by atoms with Crippen LogP contribution < -0.4 is 0 Å². The quantitative estimate of drug-likeness (QED) is 0.176. The molecule has 10 aromatic rings. The minimum absolute atomic E-state index is 0.830. The Morgan fingerprint density at radius 2 is 0.868 bits per heavy atom. The molecule has 0 saturated carbocycles. The van der Waals surface area contributed by atoms with Gasteiger partial charge in [-0.25, -0.2) is 0 Å². The summed E-state index contributed by atoms with van der Waals surface area (Å²) in [6.45, 7) is 0. The monoisotopic (exact) mass is 676 g/mol. The largest absolute Gasteiger partial charge is 0.264 e. The smallest absolute Gasteiger partial charge is 0.121 e. The topological polar surface area (TPSA) is 43.6 Å². The minimum Gasteiger partial charge on any atom is -0.264 e. The molecule has 0 aliphatic rings. The zero-order valence-electron chi connectivity index (χ0n) is 28.8. The van der Waals surface area contributed by atoms with E-state index in [1.807, 2.05) is 18.3 Å². The number of hydrogen-bond acceptors (Lipinski definition) is 3. The van der Waals surface area contributed by atoms with Gasteiger partial charge in [-0.05, 0) is 96.4 Å². The minimum atomic E-state index is 0.830. The lowest BCUT2D eigenvalue weighted by atomic mass is 9.88. The molecular weight excluding hydrogens is 645 g/mol. The Morgan fingerprint density at radius 1 is 0.340 bits per heavy atom. The van der Waals surface area contributed by atoms with Gasteiger partial charge in [0.2, 0.25) is 0 Å². The molecule has 0 spiro atoms. The van der Waals surface area contributed by atoms with E-state index in [9.17, 15) is 0 Å². The van der Waals surface area contributed by atoms with E-state index in [2.05, 4.69) is 175 Å². The van der Waals surface area contributed by atoms with Gasteiger partial charge in [-0.3, -0.25) is 4.98 Å². The lowest BCUT2D eigenvalue weighted by molar-refractivity contribution is 0.766. The second kappa shape index (κ2) is 12.9. The van der Waals surface area contributed by atoms with Gasteiger partial charge in [0.05, 0.1) is 5.69 Å². The summed E-state index contributed by atoms with van der Waals surface area (Å²) in [4.78, 5) is 6.11. The Kier molecular flexibility index (Phi) is 7.43. The third-order valence-electron chi connectivity index (χ3n) is 10.2. The summed E-state index contributed by atoms with van der Waals surface area (Å²) in [7, 11) is 0. The molecule has 4 heteroatoms. The fraction of sp³-hybridized carbons (Fsp3) is 0. The number of nitrogens with zero attached hydrogens (tertiary/aromatic N) is 4. The van der Waals surface area contributed by atoms with Crippen molar-refractivity contribution in [3.05, 3.63) is 194 Å². The van der Waals surface area contributed by atoms with Gasteiger partial charge >= 0.3 is 0 Å². The van der Waals surface area contributed by atoms with Crippen molar-refractivity contribution in [3.8, 4) is 61.3 Å². The van der Waals surface area contributed by atoms with E-state index < -0.39 is 0 Å². The Labute approximate surface area is 307 Å². The summed E-state index contributed by atoms with van der Waals surface area (Å²) in [6.07, 6.45) is 3.68. The molecule has 53 heavy (non-hydrogen) atoms. The molecule has 0 radical (unpaired) electrons. The fourth-order valence-corrected chi connectivity index (χ4v) is 7.66. The van der Waals surface area contributed by atoms with Crippen LogP contribution in [0, 0.1) is 0 Å². The van der Waals surface area contributed by atoms with Gasteiger partial charge in [-0.15, -0.1) is 10.2 Å². The summed E-state index contributed by atoms with van der Waals surface area (Å²) in [5.74, 6) is 0. The van der Waals surface area contributed by atoms with E-state index in [1.54, 1.807) is 11.0 Å². The van der Waals surface area contributed by atoms with Crippen molar-refractivity contribution in [2.45, 2.75) is 0 Å². The summed E-state index contributed by atoms with van der Waals surface area (Å²) in [6, 6.07) is 64.5. The standard InChI is InChI=1S/C49H32N4/c1-3-13-33(14-4-1)39-24-25-41(44-22-8-7-20-42(39)44)37-30-47(46-27-26-40(34-15-5-2-6-16-34)43-21-9-10-23-45(43)46)49-48(31-37)51-53(52-49)38-19-11-17-35(29-38)36-18-12-28-50-32-36/h1-32H. The van der Waals surface area contributed by atoms with Crippen LogP contribution in [0.3, 0.4) is 0 Å². The maximum atomic E-state index is 5.22. The molecule has 0 fully saturated rings. The van der Waals surface area contributed by atoms with Crippen molar-refractivity contribution in [3.63, 3.8) is 0 Å². The van der Waals surface area contributed by atoms with Crippen LogP contribution >= 0.6 is 0 Å². The van der Waals surface area contributed by atoms with Crippen LogP contribution in [-0.4, -0.2) is 20.0 Å². The summed E-state index contributed by atoms with van der Waals surface area (Å²) in [5, 5.41) is 15.2. The van der Waals surface area contributed by atoms with Crippen molar-refractivity contribution in [1.82, 2.24) is 20.0 Å². The molecule has 0 aliphatic heterocycles. The predicted octanol–water partition coefficient (Wildman–Crippen LogP) is 12.5. The molecule has 10 rings (SSSR count). The van der Waals surface area contributed by atoms with Gasteiger partial charge in [-0.1, -0.05) is 152 Å². The maximum absolute atomic E-state index is 5.22. The van der Waals surface area contributed by atoms with Gasteiger partial charge < -0.3 is 0 Å². The van der Waals surface area contributed by atoms with E-state index in [1.165, 1.54) is 43.8 Å². The van der Waals surface area contributed by atoms with Crippen LogP contribution in [0.15, 0.2) is 194 Å². The average molecular weight is 677 g/mol. The lowest BCUT2D eigenvalue weighted by Gasteiger charge is -2.15. The summed E-state index contributed by atoms with van der Waals surface area (Å²) >= 11 is 0. The average Bonchev–Trinajstić information content (AvgIpc) is 3.68. The molecule has 0 bridgehead atoms. The van der Waals surface area contributed by atoms with Crippen LogP contribution in [0.1, 0.15) is 0 Å². The van der Waals surface area contributed by atoms with Crippen LogP contribution in [0.5, 0.6) is 0 Å². The third kappa shape index (κ3) is 5.45. The highest BCUT2D eigenvalue weighted by molar-refractivity contribution is 6.11. The Morgan fingerprint density at radius 3 is 1.47 bits per heavy atom. The first-order valence-electron chi connectivity index (χ1n) is 17.9. The molecular formula is C49H32N4. The van der Waals surface area contributed by atoms with Crippen molar-refractivity contribution in [1.29, 1.82) is 0 Å². The number of hydrogen-bond donors (Lipinski definition) is 0. The molecule has 0 atom stereocenters. The van der Waals surface area contributed by atoms with E-state index in [0.717, 1.165) is 50.1 Å². The first-order chi connectivity index (χ1) is 26.3. The van der Waals surface area contributed by atoms with Gasteiger partial charge in [0.1, 0.15) is 11.0 Å². The SMILES string of the molecule is c1ccc(-c2ccc(-c3cc(-c4ccc(-c5ccccc5)c5ccccc45)c4nn(-c5cccc(-c6cccnc6)c5)nc4c3)c3ccccc23)cc1. The molecule has 2 aromatic heterocycles. The molecule has 2 heterocycles. The molecule has 0 aliphatic carbocycles. The van der Waals surface area contributed by atoms with Gasteiger partial charge in [-0.2, -0.15) is 4.80 Å². The zero-order valence-corrected chi connectivity index (χ0v) is 28.8. The number of rotatable bonds is 6. The highest BCUT2D eigenvalue weighted by atomic mass is 15.5. The summed E-state index contributed by atoms with van der Waals surface area (Å²) in [5.41, 5.74) is 13.9. The molecule has 0 N–H and O–H groups in total. The second-order valence-corrected chi connectivity index (χ2v) is 13.3. The molecule has 4 nitrogen and oxygen atoms in total. The molecule has 8 aromatic carbocycles. The number of benzene rings is 8. The van der Waals surface area contributed by atoms with E-state index >= 15 is 0 Å². The zero-order chi connectivity index (χ0) is 35.1. The molecule has 0 amide bonds. The van der Waals surface area contributed by atoms with E-state index in [4.69, 9.17) is 10.2 Å². The van der Waals surface area contributed by atoms with Crippen LogP contribution in [0.4, 0.5) is 0 Å². The van der Waals surface area contributed by atoms with Crippen molar-refractivity contribution in [2.24, 2.45) is 0 Å². The van der Waals surface area contributed by atoms with Crippen molar-refractivity contribution in [2.75, 3.05) is 0 Å². The number of fused-ring (bicyclic) bond motifs is 3. The second-order valence-electron chi connectivity index (χ2n) is 13.3. The van der Waals surface area contributed by atoms with Gasteiger partial charge in [0.25, 0.3) is 0 Å². The molecule has 248 valence electrons. The van der Waals surface area contributed by atoms with Crippen LogP contribution in [-0.2, 0) is 0 Å². The number of pyridine rings is 1. The van der Waals surface area contributed by atoms with Crippen LogP contribution in [0.2, 0.25) is 0 Å².